The second-order valence-electron chi connectivity index (χ2n) is 4.21. The van der Waals surface area contributed by atoms with E-state index in [2.05, 4.69) is 10.3 Å². The molecule has 0 saturated carbocycles. The first kappa shape index (κ1) is 12.0. The van der Waals surface area contributed by atoms with Crippen LogP contribution in [0.5, 0.6) is 5.75 Å². The van der Waals surface area contributed by atoms with E-state index in [0.717, 1.165) is 27.8 Å². The molecule has 1 aromatic carbocycles. The third-order valence-corrected chi connectivity index (χ3v) is 3.92. The van der Waals surface area contributed by atoms with Crippen LogP contribution in [0.2, 0.25) is 0 Å². The Morgan fingerprint density at radius 1 is 1.47 bits per heavy atom. The molecule has 0 fully saturated rings. The summed E-state index contributed by atoms with van der Waals surface area (Å²) in [6.45, 7) is 0.101. The van der Waals surface area contributed by atoms with Gasteiger partial charge in [-0.05, 0) is 18.2 Å². The van der Waals surface area contributed by atoms with Crippen molar-refractivity contribution in [1.82, 2.24) is 4.98 Å². The lowest BCUT2D eigenvalue weighted by Crippen LogP contribution is -2.35. The summed E-state index contributed by atoms with van der Waals surface area (Å²) >= 11 is 1.55. The van der Waals surface area contributed by atoms with Gasteiger partial charge in [0.05, 0.1) is 11.4 Å². The highest BCUT2D eigenvalue weighted by molar-refractivity contribution is 7.14. The molecule has 2 aromatic rings. The van der Waals surface area contributed by atoms with Gasteiger partial charge in [-0.15, -0.1) is 11.3 Å². The molecule has 0 atom stereocenters. The first-order valence-electron chi connectivity index (χ1n) is 5.86. The van der Waals surface area contributed by atoms with Gasteiger partial charge in [0, 0.05) is 25.0 Å². The number of nitrogens with zero attached hydrogens (tertiary/aromatic N) is 2. The predicted octanol–water partition coefficient (Wildman–Crippen LogP) is 2.21. The summed E-state index contributed by atoms with van der Waals surface area (Å²) in [5.41, 5.74) is 2.65. The Morgan fingerprint density at radius 3 is 3.05 bits per heavy atom. The maximum atomic E-state index is 11.6. The summed E-state index contributed by atoms with van der Waals surface area (Å²) in [5.74, 6) is 0.689. The van der Waals surface area contributed by atoms with Crippen molar-refractivity contribution in [2.75, 3.05) is 30.9 Å². The van der Waals surface area contributed by atoms with Gasteiger partial charge in [0.15, 0.2) is 11.7 Å². The largest absolute Gasteiger partial charge is 0.482 e. The van der Waals surface area contributed by atoms with Crippen molar-refractivity contribution in [2.24, 2.45) is 0 Å². The highest BCUT2D eigenvalue weighted by atomic mass is 32.1. The molecular formula is C13H13N3O2S. The summed E-state index contributed by atoms with van der Waals surface area (Å²) in [5, 5.41) is 5.87. The number of carbonyl (C=O) groups is 1. The zero-order valence-electron chi connectivity index (χ0n) is 10.6. The zero-order chi connectivity index (χ0) is 13.4. The van der Waals surface area contributed by atoms with Gasteiger partial charge in [0.1, 0.15) is 5.75 Å². The molecule has 1 amide bonds. The number of carbonyl (C=O) groups excluding carboxylic acids is 1. The maximum Gasteiger partial charge on any atom is 0.264 e. The number of rotatable bonds is 2. The highest BCUT2D eigenvalue weighted by Gasteiger charge is 2.22. The fourth-order valence-corrected chi connectivity index (χ4v) is 2.63. The number of nitrogens with one attached hydrogen (secondary N) is 1. The van der Waals surface area contributed by atoms with E-state index in [0.29, 0.717) is 0 Å². The SMILES string of the molecule is CNc1nc(-c2ccc3c(c2)N(C)C(=O)CO3)cs1. The van der Waals surface area contributed by atoms with E-state index in [1.807, 2.05) is 30.6 Å². The van der Waals surface area contributed by atoms with Crippen LogP contribution in [0.15, 0.2) is 23.6 Å². The fraction of sp³-hybridized carbons (Fsp3) is 0.231. The number of hydrogen-bond donors (Lipinski definition) is 1. The third kappa shape index (κ3) is 2.04. The van der Waals surface area contributed by atoms with E-state index < -0.39 is 0 Å². The molecule has 19 heavy (non-hydrogen) atoms. The van der Waals surface area contributed by atoms with Gasteiger partial charge in [-0.2, -0.15) is 0 Å². The average molecular weight is 275 g/mol. The molecule has 98 valence electrons. The number of aromatic nitrogens is 1. The topological polar surface area (TPSA) is 54.5 Å². The second kappa shape index (κ2) is 4.55. The van der Waals surface area contributed by atoms with Crippen molar-refractivity contribution in [1.29, 1.82) is 0 Å². The molecule has 5 nitrogen and oxygen atoms in total. The van der Waals surface area contributed by atoms with E-state index in [-0.39, 0.29) is 12.5 Å². The maximum absolute atomic E-state index is 11.6. The van der Waals surface area contributed by atoms with Crippen LogP contribution in [0.3, 0.4) is 0 Å². The van der Waals surface area contributed by atoms with E-state index >= 15 is 0 Å². The van der Waals surface area contributed by atoms with Gasteiger partial charge in [-0.25, -0.2) is 4.98 Å². The van der Waals surface area contributed by atoms with Crippen LogP contribution < -0.4 is 15.0 Å². The van der Waals surface area contributed by atoms with Crippen LogP contribution in [0.25, 0.3) is 11.3 Å². The van der Waals surface area contributed by atoms with Gasteiger partial charge in [0.25, 0.3) is 5.91 Å². The third-order valence-electron chi connectivity index (χ3n) is 3.06. The number of ether oxygens (including phenoxy) is 1. The number of likely N-dealkylation sites (N-methyl/N-ethyl adjacent to an activating group) is 1. The van der Waals surface area contributed by atoms with Gasteiger partial charge >= 0.3 is 0 Å². The molecule has 0 saturated heterocycles. The van der Waals surface area contributed by atoms with Crippen molar-refractivity contribution in [3.05, 3.63) is 23.6 Å². The van der Waals surface area contributed by atoms with Crippen LogP contribution in [-0.4, -0.2) is 31.6 Å². The van der Waals surface area contributed by atoms with Crippen molar-refractivity contribution >= 4 is 28.1 Å². The predicted molar refractivity (Wildman–Crippen MR) is 76.0 cm³/mol. The van der Waals surface area contributed by atoms with Gasteiger partial charge in [-0.1, -0.05) is 0 Å². The molecule has 1 aliphatic heterocycles. The minimum atomic E-state index is -0.0427. The number of fused-ring (bicyclic) bond motifs is 1. The Labute approximate surface area is 114 Å². The molecule has 0 radical (unpaired) electrons. The molecule has 3 rings (SSSR count). The Bertz CT molecular complexity index is 639. The van der Waals surface area contributed by atoms with Crippen molar-refractivity contribution in [3.63, 3.8) is 0 Å². The Morgan fingerprint density at radius 2 is 2.32 bits per heavy atom. The fourth-order valence-electron chi connectivity index (χ4n) is 1.95. The normalized spacial score (nSPS) is 14.0. The second-order valence-corrected chi connectivity index (χ2v) is 5.07. The number of amides is 1. The molecule has 6 heteroatoms. The molecule has 1 aromatic heterocycles. The monoisotopic (exact) mass is 275 g/mol. The Kier molecular flexibility index (Phi) is 2.87. The number of anilines is 2. The van der Waals surface area contributed by atoms with E-state index in [9.17, 15) is 4.79 Å². The molecule has 0 aliphatic carbocycles. The summed E-state index contributed by atoms with van der Waals surface area (Å²) in [6, 6.07) is 5.77. The molecule has 1 N–H and O–H groups in total. The number of benzene rings is 1. The van der Waals surface area contributed by atoms with Gasteiger partial charge < -0.3 is 15.0 Å². The highest BCUT2D eigenvalue weighted by Crippen LogP contribution is 2.35. The Balaban J connectivity index is 2.03. The van der Waals surface area contributed by atoms with E-state index in [1.54, 1.807) is 23.3 Å². The molecule has 0 spiro atoms. The molecule has 0 unspecified atom stereocenters. The molecule has 1 aliphatic rings. The lowest BCUT2D eigenvalue weighted by Gasteiger charge is -2.26. The molecular weight excluding hydrogens is 262 g/mol. The summed E-state index contributed by atoms with van der Waals surface area (Å²) in [6.07, 6.45) is 0. The van der Waals surface area contributed by atoms with Gasteiger partial charge in [-0.3, -0.25) is 4.79 Å². The van der Waals surface area contributed by atoms with Crippen LogP contribution >= 0.6 is 11.3 Å². The van der Waals surface area contributed by atoms with E-state index in [4.69, 9.17) is 4.74 Å². The van der Waals surface area contributed by atoms with Crippen LogP contribution in [0, 0.1) is 0 Å². The average Bonchev–Trinajstić information content (AvgIpc) is 2.92. The molecule has 0 bridgehead atoms. The first-order chi connectivity index (χ1) is 9.19. The van der Waals surface area contributed by atoms with Crippen LogP contribution in [0.1, 0.15) is 0 Å². The quantitative estimate of drug-likeness (QED) is 0.913. The summed E-state index contributed by atoms with van der Waals surface area (Å²) in [7, 11) is 3.60. The number of hydrogen-bond acceptors (Lipinski definition) is 5. The lowest BCUT2D eigenvalue weighted by molar-refractivity contribution is -0.120. The summed E-state index contributed by atoms with van der Waals surface area (Å²) in [4.78, 5) is 17.7. The van der Waals surface area contributed by atoms with E-state index in [1.165, 1.54) is 0 Å². The zero-order valence-corrected chi connectivity index (χ0v) is 11.5. The minimum absolute atomic E-state index is 0.0427. The van der Waals surface area contributed by atoms with Crippen molar-refractivity contribution in [2.45, 2.75) is 0 Å². The first-order valence-corrected chi connectivity index (χ1v) is 6.74. The van der Waals surface area contributed by atoms with Crippen molar-refractivity contribution in [3.8, 4) is 17.0 Å². The van der Waals surface area contributed by atoms with Crippen molar-refractivity contribution < 1.29 is 9.53 Å². The summed E-state index contributed by atoms with van der Waals surface area (Å²) < 4.78 is 5.40. The standard InChI is InChI=1S/C13H13N3O2S/c1-14-13-15-9(7-19-13)8-3-4-11-10(5-8)16(2)12(17)6-18-11/h3-5,7H,6H2,1-2H3,(H,14,15). The lowest BCUT2D eigenvalue weighted by atomic mass is 10.1. The van der Waals surface area contributed by atoms with Crippen LogP contribution in [-0.2, 0) is 4.79 Å². The molecule has 2 heterocycles. The minimum Gasteiger partial charge on any atom is -0.482 e. The smallest absolute Gasteiger partial charge is 0.264 e. The van der Waals surface area contributed by atoms with Crippen LogP contribution in [0.4, 0.5) is 10.8 Å². The van der Waals surface area contributed by atoms with Gasteiger partial charge in [0.2, 0.25) is 0 Å². The Hall–Kier alpha value is -2.08. The number of thiazole rings is 1.